The van der Waals surface area contributed by atoms with Gasteiger partial charge in [-0.1, -0.05) is 36.4 Å². The van der Waals surface area contributed by atoms with Crippen molar-refractivity contribution < 1.29 is 0 Å². The fraction of sp³-hybridized carbons (Fsp3) is 0.478. The number of piperidine rings is 1. The van der Waals surface area contributed by atoms with Gasteiger partial charge in [0.05, 0.1) is 5.69 Å². The van der Waals surface area contributed by atoms with Gasteiger partial charge in [-0.05, 0) is 48.8 Å². The summed E-state index contributed by atoms with van der Waals surface area (Å²) >= 11 is 0. The Morgan fingerprint density at radius 1 is 1.11 bits per heavy atom. The van der Waals surface area contributed by atoms with E-state index in [0.29, 0.717) is 12.0 Å². The highest BCUT2D eigenvalue weighted by Crippen LogP contribution is 2.46. The number of hydrogen-bond donors (Lipinski definition) is 2. The van der Waals surface area contributed by atoms with Crippen LogP contribution in [0.25, 0.3) is 0 Å². The highest BCUT2D eigenvalue weighted by molar-refractivity contribution is 5.80. The van der Waals surface area contributed by atoms with E-state index in [-0.39, 0.29) is 0 Å². The molecule has 1 saturated heterocycles. The summed E-state index contributed by atoms with van der Waals surface area (Å²) in [5, 5.41) is 7.17. The molecule has 0 radical (unpaired) electrons. The first-order valence-corrected chi connectivity index (χ1v) is 10.5. The number of aromatic nitrogens is 1. The molecule has 2 unspecified atom stereocenters. The Balaban J connectivity index is 1.17. The van der Waals surface area contributed by atoms with Gasteiger partial charge in [0.1, 0.15) is 0 Å². The van der Waals surface area contributed by atoms with E-state index in [2.05, 4.69) is 68.0 Å². The first kappa shape index (κ1) is 18.9. The Labute approximate surface area is 168 Å². The molecule has 2 atom stereocenters. The molecule has 0 spiro atoms. The van der Waals surface area contributed by atoms with Gasteiger partial charge in [-0.25, -0.2) is 0 Å². The summed E-state index contributed by atoms with van der Waals surface area (Å²) in [5.41, 5.74) is 2.63. The third-order valence-corrected chi connectivity index (χ3v) is 5.95. The maximum Gasteiger partial charge on any atom is 0.191 e. The largest absolute Gasteiger partial charge is 0.356 e. The Morgan fingerprint density at radius 3 is 2.61 bits per heavy atom. The number of benzene rings is 1. The standard InChI is InChI=1S/C23H31N5/c1-24-23(26-16-19-15-22(19)18-7-3-2-4-8-18)27-20-10-13-28(14-11-20)17-21-9-5-6-12-25-21/h2-9,12,19-20,22H,10-11,13-17H2,1H3,(H2,24,26,27). The molecule has 28 heavy (non-hydrogen) atoms. The zero-order chi connectivity index (χ0) is 19.2. The molecule has 1 aliphatic heterocycles. The van der Waals surface area contributed by atoms with Crippen LogP contribution < -0.4 is 10.6 Å². The molecule has 5 heteroatoms. The SMILES string of the molecule is CN=C(NCC1CC1c1ccccc1)NC1CCN(Cc2ccccn2)CC1. The summed E-state index contributed by atoms with van der Waals surface area (Å²) in [4.78, 5) is 11.4. The number of nitrogens with zero attached hydrogens (tertiary/aromatic N) is 3. The first-order chi connectivity index (χ1) is 13.8. The lowest BCUT2D eigenvalue weighted by Crippen LogP contribution is -2.48. The Morgan fingerprint density at radius 2 is 1.89 bits per heavy atom. The van der Waals surface area contributed by atoms with Crippen LogP contribution in [-0.4, -0.2) is 48.6 Å². The molecule has 1 aromatic carbocycles. The number of guanidine groups is 1. The van der Waals surface area contributed by atoms with Crippen LogP contribution in [0.5, 0.6) is 0 Å². The van der Waals surface area contributed by atoms with Crippen molar-refractivity contribution in [2.45, 2.75) is 37.8 Å². The molecule has 1 aliphatic carbocycles. The molecular weight excluding hydrogens is 346 g/mol. The number of likely N-dealkylation sites (tertiary alicyclic amines) is 1. The van der Waals surface area contributed by atoms with Gasteiger partial charge in [-0.2, -0.15) is 0 Å². The smallest absolute Gasteiger partial charge is 0.191 e. The number of pyridine rings is 1. The molecule has 4 rings (SSSR count). The second-order valence-electron chi connectivity index (χ2n) is 7.98. The lowest BCUT2D eigenvalue weighted by atomic mass is 10.0. The van der Waals surface area contributed by atoms with E-state index in [4.69, 9.17) is 0 Å². The summed E-state index contributed by atoms with van der Waals surface area (Å²) in [6, 6.07) is 17.5. The average Bonchev–Trinajstić information content (AvgIpc) is 3.53. The van der Waals surface area contributed by atoms with Crippen LogP contribution in [0.3, 0.4) is 0 Å². The van der Waals surface area contributed by atoms with Gasteiger partial charge in [0.2, 0.25) is 0 Å². The van der Waals surface area contributed by atoms with Crippen LogP contribution in [0.4, 0.5) is 0 Å². The normalized spacial score (nSPS) is 23.4. The highest BCUT2D eigenvalue weighted by atomic mass is 15.2. The van der Waals surface area contributed by atoms with Crippen LogP contribution in [0.1, 0.15) is 36.4 Å². The maximum atomic E-state index is 4.44. The van der Waals surface area contributed by atoms with Crippen molar-refractivity contribution in [3.8, 4) is 0 Å². The summed E-state index contributed by atoms with van der Waals surface area (Å²) < 4.78 is 0. The summed E-state index contributed by atoms with van der Waals surface area (Å²) in [6.45, 7) is 4.15. The Hall–Kier alpha value is -2.40. The second-order valence-corrected chi connectivity index (χ2v) is 7.98. The van der Waals surface area contributed by atoms with E-state index in [1.807, 2.05) is 19.3 Å². The van der Waals surface area contributed by atoms with Gasteiger partial charge < -0.3 is 10.6 Å². The zero-order valence-electron chi connectivity index (χ0n) is 16.7. The number of rotatable bonds is 6. The van der Waals surface area contributed by atoms with Gasteiger partial charge in [-0.3, -0.25) is 14.9 Å². The second kappa shape index (κ2) is 9.20. The van der Waals surface area contributed by atoms with Crippen molar-refractivity contribution in [2.75, 3.05) is 26.7 Å². The third kappa shape index (κ3) is 5.10. The summed E-state index contributed by atoms with van der Waals surface area (Å²) in [5.74, 6) is 2.38. The van der Waals surface area contributed by atoms with E-state index in [1.54, 1.807) is 0 Å². The van der Waals surface area contributed by atoms with Crippen molar-refractivity contribution >= 4 is 5.96 Å². The van der Waals surface area contributed by atoms with E-state index >= 15 is 0 Å². The number of hydrogen-bond acceptors (Lipinski definition) is 3. The molecule has 0 amide bonds. The summed E-state index contributed by atoms with van der Waals surface area (Å²) in [7, 11) is 1.87. The van der Waals surface area contributed by atoms with Crippen molar-refractivity contribution in [3.05, 3.63) is 66.0 Å². The van der Waals surface area contributed by atoms with Crippen LogP contribution >= 0.6 is 0 Å². The molecular formula is C23H31N5. The van der Waals surface area contributed by atoms with E-state index in [0.717, 1.165) is 56.6 Å². The van der Waals surface area contributed by atoms with Gasteiger partial charge >= 0.3 is 0 Å². The summed E-state index contributed by atoms with van der Waals surface area (Å²) in [6.07, 6.45) is 5.44. The first-order valence-electron chi connectivity index (χ1n) is 10.5. The van der Waals surface area contributed by atoms with Crippen LogP contribution in [-0.2, 0) is 6.54 Å². The molecule has 0 bridgehead atoms. The molecule has 2 N–H and O–H groups in total. The van der Waals surface area contributed by atoms with Crippen molar-refractivity contribution in [2.24, 2.45) is 10.9 Å². The van der Waals surface area contributed by atoms with Crippen LogP contribution in [0, 0.1) is 5.92 Å². The fourth-order valence-electron chi connectivity index (χ4n) is 4.15. The molecule has 2 aliphatic rings. The van der Waals surface area contributed by atoms with Crippen LogP contribution in [0.15, 0.2) is 59.7 Å². The minimum absolute atomic E-state index is 0.496. The van der Waals surface area contributed by atoms with Gasteiger partial charge in [0.25, 0.3) is 0 Å². The maximum absolute atomic E-state index is 4.44. The van der Waals surface area contributed by atoms with E-state index < -0.39 is 0 Å². The topological polar surface area (TPSA) is 52.6 Å². The highest BCUT2D eigenvalue weighted by Gasteiger charge is 2.37. The predicted octanol–water partition coefficient (Wildman–Crippen LogP) is 3.01. The molecule has 2 fully saturated rings. The lowest BCUT2D eigenvalue weighted by Gasteiger charge is -2.32. The number of nitrogens with one attached hydrogen (secondary N) is 2. The molecule has 1 saturated carbocycles. The minimum Gasteiger partial charge on any atom is -0.356 e. The van der Waals surface area contributed by atoms with Gasteiger partial charge in [-0.15, -0.1) is 0 Å². The molecule has 148 valence electrons. The fourth-order valence-corrected chi connectivity index (χ4v) is 4.15. The zero-order valence-corrected chi connectivity index (χ0v) is 16.7. The van der Waals surface area contributed by atoms with Crippen LogP contribution in [0.2, 0.25) is 0 Å². The minimum atomic E-state index is 0.496. The molecule has 2 heterocycles. The molecule has 2 aromatic rings. The Kier molecular flexibility index (Phi) is 6.22. The predicted molar refractivity (Wildman–Crippen MR) is 114 cm³/mol. The van der Waals surface area contributed by atoms with E-state index in [9.17, 15) is 0 Å². The van der Waals surface area contributed by atoms with Crippen molar-refractivity contribution in [1.29, 1.82) is 0 Å². The molecule has 5 nitrogen and oxygen atoms in total. The quantitative estimate of drug-likeness (QED) is 0.600. The lowest BCUT2D eigenvalue weighted by molar-refractivity contribution is 0.196. The van der Waals surface area contributed by atoms with E-state index in [1.165, 1.54) is 12.0 Å². The number of aliphatic imine (C=N–C) groups is 1. The van der Waals surface area contributed by atoms with Gasteiger partial charge in [0.15, 0.2) is 5.96 Å². The third-order valence-electron chi connectivity index (χ3n) is 5.95. The molecule has 1 aromatic heterocycles. The Bertz CT molecular complexity index is 753. The van der Waals surface area contributed by atoms with Gasteiger partial charge in [0, 0.05) is 45.5 Å². The monoisotopic (exact) mass is 377 g/mol. The average molecular weight is 378 g/mol. The van der Waals surface area contributed by atoms with Crippen molar-refractivity contribution in [1.82, 2.24) is 20.5 Å². The van der Waals surface area contributed by atoms with Crippen molar-refractivity contribution in [3.63, 3.8) is 0 Å².